The molecule has 3 rings (SSSR count). The van der Waals surface area contributed by atoms with Crippen LogP contribution >= 0.6 is 0 Å². The first kappa shape index (κ1) is 8.92. The van der Waals surface area contributed by atoms with Crippen LogP contribution in [0.3, 0.4) is 0 Å². The van der Waals surface area contributed by atoms with Gasteiger partial charge in [0.05, 0.1) is 6.61 Å². The third-order valence-corrected chi connectivity index (χ3v) is 3.05. The lowest BCUT2D eigenvalue weighted by Crippen LogP contribution is -1.95. The van der Waals surface area contributed by atoms with Crippen molar-refractivity contribution in [1.82, 2.24) is 4.98 Å². The number of rotatable bonds is 1. The van der Waals surface area contributed by atoms with Crippen molar-refractivity contribution >= 4 is 10.9 Å². The molecule has 1 atom stereocenters. The molecular weight excluding hydrogens is 193 g/mol. The zero-order valence-corrected chi connectivity index (χ0v) is 8.29. The average Bonchev–Trinajstić information content (AvgIpc) is 2.83. The topological polar surface area (TPSA) is 25.0 Å². The second kappa shape index (κ2) is 3.35. The van der Waals surface area contributed by atoms with Crippen molar-refractivity contribution < 1.29 is 9.13 Å². The second-order valence-corrected chi connectivity index (χ2v) is 3.99. The zero-order valence-electron chi connectivity index (χ0n) is 8.29. The highest BCUT2D eigenvalue weighted by Gasteiger charge is 2.20. The highest BCUT2D eigenvalue weighted by molar-refractivity contribution is 5.83. The number of fused-ring (bicyclic) bond motifs is 1. The summed E-state index contributed by atoms with van der Waals surface area (Å²) in [5.41, 5.74) is 2.18. The van der Waals surface area contributed by atoms with Crippen LogP contribution in [0.1, 0.15) is 17.9 Å². The first-order chi connectivity index (χ1) is 7.34. The summed E-state index contributed by atoms with van der Waals surface area (Å²) in [6, 6.07) is 4.86. The number of H-pyrrole nitrogens is 1. The Hall–Kier alpha value is -1.35. The van der Waals surface area contributed by atoms with E-state index in [2.05, 4.69) is 4.98 Å². The van der Waals surface area contributed by atoms with E-state index in [-0.39, 0.29) is 5.82 Å². The van der Waals surface area contributed by atoms with E-state index in [0.29, 0.717) is 5.92 Å². The van der Waals surface area contributed by atoms with Crippen LogP contribution in [-0.2, 0) is 4.74 Å². The summed E-state index contributed by atoms with van der Waals surface area (Å²) in [6.45, 7) is 1.57. The molecule has 3 heteroatoms. The van der Waals surface area contributed by atoms with Crippen LogP contribution in [0.25, 0.3) is 10.9 Å². The molecule has 2 heterocycles. The maximum absolute atomic E-state index is 13.1. The molecule has 1 saturated heterocycles. The SMILES string of the molecule is Fc1ccc2[nH]cc(C3CCOC3)c2c1. The molecule has 0 saturated carbocycles. The van der Waals surface area contributed by atoms with Crippen LogP contribution in [0.5, 0.6) is 0 Å². The molecule has 15 heavy (non-hydrogen) atoms. The summed E-state index contributed by atoms with van der Waals surface area (Å²) in [6.07, 6.45) is 3.01. The van der Waals surface area contributed by atoms with Crippen LogP contribution in [0, 0.1) is 5.82 Å². The quantitative estimate of drug-likeness (QED) is 0.760. The summed E-state index contributed by atoms with van der Waals surface area (Å²) in [5.74, 6) is 0.239. The van der Waals surface area contributed by atoms with Crippen LogP contribution in [-0.4, -0.2) is 18.2 Å². The van der Waals surface area contributed by atoms with Gasteiger partial charge in [-0.15, -0.1) is 0 Å². The molecule has 1 aliphatic rings. The summed E-state index contributed by atoms with van der Waals surface area (Å²) in [5, 5.41) is 0.991. The molecule has 0 spiro atoms. The Balaban J connectivity index is 2.13. The molecule has 0 aliphatic carbocycles. The van der Waals surface area contributed by atoms with Gasteiger partial charge in [-0.25, -0.2) is 4.39 Å². The number of ether oxygens (including phenoxy) is 1. The molecule has 0 amide bonds. The predicted molar refractivity (Wildman–Crippen MR) is 56.4 cm³/mol. The number of aromatic amines is 1. The second-order valence-electron chi connectivity index (χ2n) is 3.99. The van der Waals surface area contributed by atoms with E-state index < -0.39 is 0 Å². The predicted octanol–water partition coefficient (Wildman–Crippen LogP) is 2.81. The number of halogens is 1. The lowest BCUT2D eigenvalue weighted by Gasteiger charge is -2.05. The van der Waals surface area contributed by atoms with Gasteiger partial charge in [-0.3, -0.25) is 0 Å². The Morgan fingerprint density at radius 3 is 3.13 bits per heavy atom. The number of aromatic nitrogens is 1. The summed E-state index contributed by atoms with van der Waals surface area (Å²) < 4.78 is 18.5. The first-order valence-electron chi connectivity index (χ1n) is 5.19. The van der Waals surface area contributed by atoms with Gasteiger partial charge in [-0.05, 0) is 30.2 Å². The Kier molecular flexibility index (Phi) is 1.99. The minimum atomic E-state index is -0.178. The Labute approximate surface area is 87.1 Å². The number of hydrogen-bond acceptors (Lipinski definition) is 1. The molecular formula is C12H12FNO. The van der Waals surface area contributed by atoms with E-state index in [1.165, 1.54) is 11.6 Å². The highest BCUT2D eigenvalue weighted by atomic mass is 19.1. The molecule has 1 aromatic heterocycles. The van der Waals surface area contributed by atoms with Crippen LogP contribution in [0.2, 0.25) is 0 Å². The van der Waals surface area contributed by atoms with Gasteiger partial charge in [0.15, 0.2) is 0 Å². The van der Waals surface area contributed by atoms with E-state index in [1.807, 2.05) is 6.20 Å². The minimum absolute atomic E-state index is 0.178. The maximum atomic E-state index is 13.1. The molecule has 2 nitrogen and oxygen atoms in total. The largest absolute Gasteiger partial charge is 0.381 e. The van der Waals surface area contributed by atoms with Gasteiger partial charge in [0.1, 0.15) is 5.82 Å². The molecule has 1 unspecified atom stereocenters. The van der Waals surface area contributed by atoms with E-state index in [1.54, 1.807) is 12.1 Å². The summed E-state index contributed by atoms with van der Waals surface area (Å²) in [7, 11) is 0. The third kappa shape index (κ3) is 1.43. The lowest BCUT2D eigenvalue weighted by molar-refractivity contribution is 0.194. The van der Waals surface area contributed by atoms with Crippen molar-refractivity contribution in [3.63, 3.8) is 0 Å². The van der Waals surface area contributed by atoms with Gasteiger partial charge in [-0.1, -0.05) is 0 Å². The van der Waals surface area contributed by atoms with Crippen LogP contribution in [0.15, 0.2) is 24.4 Å². The standard InChI is InChI=1S/C12H12FNO/c13-9-1-2-12-10(5-9)11(6-14-12)8-3-4-15-7-8/h1-2,5-6,8,14H,3-4,7H2. The molecule has 0 bridgehead atoms. The van der Waals surface area contributed by atoms with Crippen molar-refractivity contribution in [3.05, 3.63) is 35.8 Å². The van der Waals surface area contributed by atoms with Crippen molar-refractivity contribution in [1.29, 1.82) is 0 Å². The summed E-state index contributed by atoms with van der Waals surface area (Å²) >= 11 is 0. The molecule has 1 fully saturated rings. The van der Waals surface area contributed by atoms with E-state index in [9.17, 15) is 4.39 Å². The van der Waals surface area contributed by atoms with Gasteiger partial charge in [0, 0.05) is 29.6 Å². The van der Waals surface area contributed by atoms with Crippen molar-refractivity contribution in [3.8, 4) is 0 Å². The highest BCUT2D eigenvalue weighted by Crippen LogP contribution is 2.31. The zero-order chi connectivity index (χ0) is 10.3. The number of hydrogen-bond donors (Lipinski definition) is 1. The third-order valence-electron chi connectivity index (χ3n) is 3.05. The molecule has 78 valence electrons. The fraction of sp³-hybridized carbons (Fsp3) is 0.333. The van der Waals surface area contributed by atoms with Gasteiger partial charge in [0.25, 0.3) is 0 Å². The van der Waals surface area contributed by atoms with E-state index in [0.717, 1.165) is 30.5 Å². The normalized spacial score (nSPS) is 21.3. The van der Waals surface area contributed by atoms with Crippen molar-refractivity contribution in [2.75, 3.05) is 13.2 Å². The fourth-order valence-corrected chi connectivity index (χ4v) is 2.23. The average molecular weight is 205 g/mol. The number of benzene rings is 1. The molecule has 1 N–H and O–H groups in total. The van der Waals surface area contributed by atoms with Crippen molar-refractivity contribution in [2.24, 2.45) is 0 Å². The Bertz CT molecular complexity index is 485. The minimum Gasteiger partial charge on any atom is -0.381 e. The lowest BCUT2D eigenvalue weighted by atomic mass is 9.98. The first-order valence-corrected chi connectivity index (χ1v) is 5.19. The van der Waals surface area contributed by atoms with Crippen molar-refractivity contribution in [2.45, 2.75) is 12.3 Å². The van der Waals surface area contributed by atoms with Crippen LogP contribution < -0.4 is 0 Å². The molecule has 1 aromatic carbocycles. The van der Waals surface area contributed by atoms with Gasteiger partial charge in [0.2, 0.25) is 0 Å². The monoisotopic (exact) mass is 205 g/mol. The fourth-order valence-electron chi connectivity index (χ4n) is 2.23. The summed E-state index contributed by atoms with van der Waals surface area (Å²) in [4.78, 5) is 3.17. The van der Waals surface area contributed by atoms with E-state index in [4.69, 9.17) is 4.74 Å². The Morgan fingerprint density at radius 2 is 2.33 bits per heavy atom. The molecule has 1 aliphatic heterocycles. The van der Waals surface area contributed by atoms with Crippen LogP contribution in [0.4, 0.5) is 4.39 Å². The van der Waals surface area contributed by atoms with Gasteiger partial charge in [-0.2, -0.15) is 0 Å². The maximum Gasteiger partial charge on any atom is 0.123 e. The Morgan fingerprint density at radius 1 is 1.40 bits per heavy atom. The molecule has 0 radical (unpaired) electrons. The number of nitrogens with one attached hydrogen (secondary N) is 1. The van der Waals surface area contributed by atoms with Gasteiger partial charge < -0.3 is 9.72 Å². The van der Waals surface area contributed by atoms with Gasteiger partial charge >= 0.3 is 0 Å². The smallest absolute Gasteiger partial charge is 0.123 e. The van der Waals surface area contributed by atoms with E-state index >= 15 is 0 Å². The molecule has 2 aromatic rings.